The smallest absolute Gasteiger partial charge is 0.303 e. The molecule has 0 spiro atoms. The van der Waals surface area contributed by atoms with Crippen LogP contribution in [0.25, 0.3) is 0 Å². The van der Waals surface area contributed by atoms with Crippen molar-refractivity contribution in [3.8, 4) is 0 Å². The molecule has 2 rings (SSSR count). The van der Waals surface area contributed by atoms with Crippen LogP contribution in [0.15, 0.2) is 6.20 Å². The Balaban J connectivity index is 1.88. The molecular weight excluding hydrogens is 248 g/mol. The Labute approximate surface area is 112 Å². The highest BCUT2D eigenvalue weighted by molar-refractivity contribution is 7.11. The summed E-state index contributed by atoms with van der Waals surface area (Å²) in [6.07, 6.45) is 6.22. The van der Waals surface area contributed by atoms with Crippen LogP contribution in [0.5, 0.6) is 0 Å². The fourth-order valence-electron chi connectivity index (χ4n) is 2.53. The molecule has 0 saturated carbocycles. The van der Waals surface area contributed by atoms with E-state index in [4.69, 9.17) is 5.11 Å². The lowest BCUT2D eigenvalue weighted by atomic mass is 10.1. The average molecular weight is 268 g/mol. The summed E-state index contributed by atoms with van der Waals surface area (Å²) in [6.45, 7) is 4.53. The van der Waals surface area contributed by atoms with Gasteiger partial charge in [-0.05, 0) is 32.4 Å². The van der Waals surface area contributed by atoms with Gasteiger partial charge in [0.05, 0.1) is 11.4 Å². The van der Waals surface area contributed by atoms with E-state index in [0.29, 0.717) is 12.5 Å². The molecule has 4 nitrogen and oxygen atoms in total. The summed E-state index contributed by atoms with van der Waals surface area (Å²) in [5.41, 5.74) is 0. The van der Waals surface area contributed by atoms with Crippen molar-refractivity contribution < 1.29 is 9.90 Å². The molecule has 1 saturated heterocycles. The number of aromatic nitrogens is 1. The first-order chi connectivity index (χ1) is 8.69. The summed E-state index contributed by atoms with van der Waals surface area (Å²) in [7, 11) is 0. The van der Waals surface area contributed by atoms with Gasteiger partial charge in [-0.2, -0.15) is 0 Å². The second-order valence-electron chi connectivity index (χ2n) is 4.74. The van der Waals surface area contributed by atoms with Crippen LogP contribution in [-0.4, -0.2) is 40.1 Å². The van der Waals surface area contributed by atoms with Crippen molar-refractivity contribution in [2.75, 3.05) is 13.1 Å². The zero-order valence-corrected chi connectivity index (χ0v) is 11.6. The molecule has 0 bridgehead atoms. The van der Waals surface area contributed by atoms with Gasteiger partial charge in [-0.1, -0.05) is 6.92 Å². The third kappa shape index (κ3) is 3.53. The summed E-state index contributed by atoms with van der Waals surface area (Å²) < 4.78 is 0. The summed E-state index contributed by atoms with van der Waals surface area (Å²) in [4.78, 5) is 18.5. The van der Waals surface area contributed by atoms with Crippen LogP contribution < -0.4 is 0 Å². The number of hydrogen-bond acceptors (Lipinski definition) is 4. The van der Waals surface area contributed by atoms with Gasteiger partial charge in [0.2, 0.25) is 0 Å². The summed E-state index contributed by atoms with van der Waals surface area (Å²) in [6, 6.07) is 0.633. The quantitative estimate of drug-likeness (QED) is 0.859. The van der Waals surface area contributed by atoms with E-state index in [1.54, 1.807) is 11.3 Å². The molecule has 1 aromatic rings. The van der Waals surface area contributed by atoms with Gasteiger partial charge >= 0.3 is 5.97 Å². The SMILES string of the molecule is CCN1CCCC1Cc1ncc(CCC(=O)O)s1. The van der Waals surface area contributed by atoms with Crippen molar-refractivity contribution in [3.63, 3.8) is 0 Å². The van der Waals surface area contributed by atoms with E-state index in [2.05, 4.69) is 16.8 Å². The molecule has 0 aromatic carbocycles. The van der Waals surface area contributed by atoms with Crippen molar-refractivity contribution in [2.45, 2.75) is 45.1 Å². The fourth-order valence-corrected chi connectivity index (χ4v) is 3.53. The van der Waals surface area contributed by atoms with E-state index in [0.717, 1.165) is 22.9 Å². The molecule has 1 aromatic heterocycles. The summed E-state index contributed by atoms with van der Waals surface area (Å²) in [5.74, 6) is -0.738. The van der Waals surface area contributed by atoms with Crippen molar-refractivity contribution in [1.82, 2.24) is 9.88 Å². The maximum atomic E-state index is 10.5. The normalized spacial score (nSPS) is 20.4. The first-order valence-electron chi connectivity index (χ1n) is 6.58. The highest BCUT2D eigenvalue weighted by atomic mass is 32.1. The second-order valence-corrected chi connectivity index (χ2v) is 5.94. The van der Waals surface area contributed by atoms with E-state index in [1.807, 2.05) is 6.20 Å². The monoisotopic (exact) mass is 268 g/mol. The molecule has 100 valence electrons. The molecule has 1 atom stereocenters. The van der Waals surface area contributed by atoms with E-state index >= 15 is 0 Å². The Bertz CT molecular complexity index is 405. The Morgan fingerprint density at radius 1 is 1.67 bits per heavy atom. The van der Waals surface area contributed by atoms with Gasteiger partial charge in [0.15, 0.2) is 0 Å². The summed E-state index contributed by atoms with van der Waals surface area (Å²) in [5, 5.41) is 9.81. The first-order valence-corrected chi connectivity index (χ1v) is 7.40. The number of carboxylic acids is 1. The van der Waals surface area contributed by atoms with E-state index < -0.39 is 5.97 Å². The van der Waals surface area contributed by atoms with Crippen LogP contribution in [0.3, 0.4) is 0 Å². The topological polar surface area (TPSA) is 53.4 Å². The Hall–Kier alpha value is -0.940. The first kappa shape index (κ1) is 13.5. The number of aryl methyl sites for hydroxylation is 1. The third-order valence-electron chi connectivity index (χ3n) is 3.50. The maximum absolute atomic E-state index is 10.5. The van der Waals surface area contributed by atoms with Crippen molar-refractivity contribution >= 4 is 17.3 Å². The van der Waals surface area contributed by atoms with Gasteiger partial charge in [0, 0.05) is 23.5 Å². The lowest BCUT2D eigenvalue weighted by molar-refractivity contribution is -0.136. The average Bonchev–Trinajstić information content (AvgIpc) is 2.96. The number of likely N-dealkylation sites (N-methyl/N-ethyl adjacent to an activating group) is 1. The minimum absolute atomic E-state index is 0.201. The van der Waals surface area contributed by atoms with Crippen LogP contribution in [-0.2, 0) is 17.6 Å². The zero-order valence-electron chi connectivity index (χ0n) is 10.8. The third-order valence-corrected chi connectivity index (χ3v) is 4.58. The maximum Gasteiger partial charge on any atom is 0.303 e. The number of rotatable bonds is 6. The van der Waals surface area contributed by atoms with Gasteiger partial charge in [0.25, 0.3) is 0 Å². The van der Waals surface area contributed by atoms with Crippen molar-refractivity contribution in [3.05, 3.63) is 16.1 Å². The van der Waals surface area contributed by atoms with E-state index in [9.17, 15) is 4.79 Å². The highest BCUT2D eigenvalue weighted by Gasteiger charge is 2.24. The van der Waals surface area contributed by atoms with Gasteiger partial charge in [-0.25, -0.2) is 4.98 Å². The molecule has 1 aliphatic heterocycles. The summed E-state index contributed by atoms with van der Waals surface area (Å²) >= 11 is 1.67. The molecule has 1 N–H and O–H groups in total. The predicted octanol–water partition coefficient (Wildman–Crippen LogP) is 2.19. The highest BCUT2D eigenvalue weighted by Crippen LogP contribution is 2.23. The molecule has 1 fully saturated rings. The van der Waals surface area contributed by atoms with Crippen molar-refractivity contribution in [2.24, 2.45) is 0 Å². The van der Waals surface area contributed by atoms with Crippen molar-refractivity contribution in [1.29, 1.82) is 0 Å². The largest absolute Gasteiger partial charge is 0.481 e. The number of thiazole rings is 1. The minimum Gasteiger partial charge on any atom is -0.481 e. The Morgan fingerprint density at radius 2 is 2.50 bits per heavy atom. The standard InChI is InChI=1S/C13H20N2O2S/c1-2-15-7-3-4-10(15)8-12-14-9-11(18-12)5-6-13(16)17/h9-10H,2-8H2,1H3,(H,16,17). The van der Waals surface area contributed by atoms with Gasteiger partial charge in [0.1, 0.15) is 0 Å². The lowest BCUT2D eigenvalue weighted by Gasteiger charge is -2.21. The van der Waals surface area contributed by atoms with Crippen LogP contribution in [0.1, 0.15) is 36.1 Å². The van der Waals surface area contributed by atoms with E-state index in [1.165, 1.54) is 19.4 Å². The molecular formula is C13H20N2O2S. The molecule has 1 unspecified atom stereocenters. The Kier molecular flexibility index (Phi) is 4.72. The molecule has 18 heavy (non-hydrogen) atoms. The second kappa shape index (κ2) is 6.29. The minimum atomic E-state index is -0.738. The molecule has 0 amide bonds. The molecule has 0 aliphatic carbocycles. The van der Waals surface area contributed by atoms with Crippen LogP contribution >= 0.6 is 11.3 Å². The number of likely N-dealkylation sites (tertiary alicyclic amines) is 1. The number of carboxylic acid groups (broad SMARTS) is 1. The molecule has 2 heterocycles. The Morgan fingerprint density at radius 3 is 3.22 bits per heavy atom. The van der Waals surface area contributed by atoms with Gasteiger partial charge in [-0.3, -0.25) is 4.79 Å². The lowest BCUT2D eigenvalue weighted by Crippen LogP contribution is -2.30. The molecule has 0 radical (unpaired) electrons. The number of hydrogen-bond donors (Lipinski definition) is 1. The van der Waals surface area contributed by atoms with Crippen LogP contribution in [0.2, 0.25) is 0 Å². The van der Waals surface area contributed by atoms with Gasteiger partial charge < -0.3 is 10.0 Å². The van der Waals surface area contributed by atoms with Crippen LogP contribution in [0.4, 0.5) is 0 Å². The molecule has 5 heteroatoms. The van der Waals surface area contributed by atoms with Crippen LogP contribution in [0, 0.1) is 0 Å². The number of carbonyl (C=O) groups is 1. The predicted molar refractivity (Wildman–Crippen MR) is 72.0 cm³/mol. The number of nitrogens with zero attached hydrogens (tertiary/aromatic N) is 2. The van der Waals surface area contributed by atoms with E-state index in [-0.39, 0.29) is 6.42 Å². The molecule has 1 aliphatic rings. The van der Waals surface area contributed by atoms with Gasteiger partial charge in [-0.15, -0.1) is 11.3 Å². The zero-order chi connectivity index (χ0) is 13.0. The number of aliphatic carboxylic acids is 1. The fraction of sp³-hybridized carbons (Fsp3) is 0.692.